The second kappa shape index (κ2) is 13.9. The summed E-state index contributed by atoms with van der Waals surface area (Å²) in [4.78, 5) is 28.5. The molecule has 0 saturated heterocycles. The molecule has 0 aliphatic carbocycles. The van der Waals surface area contributed by atoms with Crippen molar-refractivity contribution in [3.05, 3.63) is 119 Å². The van der Waals surface area contributed by atoms with Crippen molar-refractivity contribution in [2.45, 2.75) is 31.0 Å². The minimum Gasteiger partial charge on any atom is -0.492 e. The van der Waals surface area contributed by atoms with Crippen LogP contribution in [0.1, 0.15) is 18.1 Å². The van der Waals surface area contributed by atoms with Crippen molar-refractivity contribution in [3.63, 3.8) is 0 Å². The van der Waals surface area contributed by atoms with Gasteiger partial charge in [-0.05, 0) is 48.4 Å². The number of rotatable bonds is 11. The van der Waals surface area contributed by atoms with Gasteiger partial charge in [0.05, 0.1) is 35.3 Å². The number of ether oxygens (including phenoxy) is 2. The maximum Gasteiger partial charge on any atom is 0.263 e. The Kier molecular flexibility index (Phi) is 9.84. The Bertz CT molecular complexity index is 1720. The van der Waals surface area contributed by atoms with E-state index in [4.69, 9.17) is 21.1 Å². The van der Waals surface area contributed by atoms with Gasteiger partial charge in [0.2, 0.25) is 15.9 Å². The third kappa shape index (κ3) is 7.21. The first-order chi connectivity index (χ1) is 21.3. The molecule has 11 heteroatoms. The second-order valence-corrected chi connectivity index (χ2v) is 12.4. The molecule has 1 heterocycles. The number of carbonyl (C=O) groups excluding carboxylic acids is 2. The fourth-order valence-electron chi connectivity index (χ4n) is 4.82. The highest BCUT2D eigenvalue weighted by Crippen LogP contribution is 2.34. The maximum atomic E-state index is 14.0. The third-order valence-electron chi connectivity index (χ3n) is 7.03. The number of nitrogens with one attached hydrogen (secondary N) is 1. The van der Waals surface area contributed by atoms with Crippen molar-refractivity contribution in [2.24, 2.45) is 0 Å². The molecule has 0 unspecified atom stereocenters. The van der Waals surface area contributed by atoms with Gasteiger partial charge in [0, 0.05) is 13.1 Å². The van der Waals surface area contributed by atoms with Gasteiger partial charge < -0.3 is 19.7 Å². The lowest BCUT2D eigenvalue weighted by Crippen LogP contribution is -2.52. The first-order valence-corrected chi connectivity index (χ1v) is 15.9. The smallest absolute Gasteiger partial charge is 0.263 e. The Balaban J connectivity index is 1.41. The van der Waals surface area contributed by atoms with Crippen LogP contribution in [-0.4, -0.2) is 50.3 Å². The molecule has 0 bridgehead atoms. The molecule has 0 aromatic heterocycles. The van der Waals surface area contributed by atoms with Crippen LogP contribution < -0.4 is 19.7 Å². The number of nitrogens with zero attached hydrogens (tertiary/aromatic N) is 2. The van der Waals surface area contributed by atoms with E-state index in [1.807, 2.05) is 36.4 Å². The number of anilines is 1. The molecule has 5 rings (SSSR count). The summed E-state index contributed by atoms with van der Waals surface area (Å²) in [5, 5.41) is 3.01. The minimum atomic E-state index is -4.20. The van der Waals surface area contributed by atoms with Gasteiger partial charge in [-0.1, -0.05) is 84.4 Å². The number of amides is 2. The minimum absolute atomic E-state index is 0.0628. The van der Waals surface area contributed by atoms with E-state index in [-0.39, 0.29) is 28.9 Å². The van der Waals surface area contributed by atoms with Gasteiger partial charge in [-0.2, -0.15) is 4.31 Å². The normalized spacial score (nSPS) is 14.4. The van der Waals surface area contributed by atoms with Crippen LogP contribution in [0, 0.1) is 0 Å². The van der Waals surface area contributed by atoms with Crippen molar-refractivity contribution in [1.82, 2.24) is 9.62 Å². The number of fused-ring (bicyclic) bond motifs is 1. The monoisotopic (exact) mass is 633 g/mol. The molecule has 1 aliphatic rings. The summed E-state index contributed by atoms with van der Waals surface area (Å²) in [6.07, 6.45) is -0.998. The van der Waals surface area contributed by atoms with Crippen LogP contribution in [0.3, 0.4) is 0 Å². The van der Waals surface area contributed by atoms with E-state index >= 15 is 0 Å². The van der Waals surface area contributed by atoms with Gasteiger partial charge in [-0.15, -0.1) is 0 Å². The predicted molar refractivity (Wildman–Crippen MR) is 168 cm³/mol. The molecule has 4 aromatic rings. The highest BCUT2D eigenvalue weighted by Gasteiger charge is 2.36. The molecular weight excluding hydrogens is 602 g/mol. The molecule has 1 aliphatic heterocycles. The van der Waals surface area contributed by atoms with Crippen LogP contribution >= 0.6 is 11.6 Å². The summed E-state index contributed by atoms with van der Waals surface area (Å²) in [7, 11) is -4.20. The zero-order valence-corrected chi connectivity index (χ0v) is 25.6. The van der Waals surface area contributed by atoms with E-state index in [0.29, 0.717) is 35.9 Å². The SMILES string of the molecule is CCOc1ccc(S(=O)(=O)N(CC(=O)N2C[C@H](C(=O)NCc3ccccc3)Oc3ccccc32)Cc2ccccc2)cc1Cl. The van der Waals surface area contributed by atoms with Crippen molar-refractivity contribution >= 4 is 39.1 Å². The first-order valence-electron chi connectivity index (χ1n) is 14.1. The van der Waals surface area contributed by atoms with Gasteiger partial charge in [-0.3, -0.25) is 9.59 Å². The van der Waals surface area contributed by atoms with Gasteiger partial charge >= 0.3 is 0 Å². The number of sulfonamides is 1. The highest BCUT2D eigenvalue weighted by atomic mass is 35.5. The van der Waals surface area contributed by atoms with E-state index in [0.717, 1.165) is 9.87 Å². The van der Waals surface area contributed by atoms with Crippen molar-refractivity contribution in [3.8, 4) is 11.5 Å². The Labute approximate surface area is 262 Å². The summed E-state index contributed by atoms with van der Waals surface area (Å²) in [5.74, 6) is -0.194. The van der Waals surface area contributed by atoms with Crippen LogP contribution in [0.5, 0.6) is 11.5 Å². The van der Waals surface area contributed by atoms with Crippen molar-refractivity contribution < 1.29 is 27.5 Å². The average Bonchev–Trinajstić information content (AvgIpc) is 3.04. The molecule has 228 valence electrons. The topological polar surface area (TPSA) is 105 Å². The van der Waals surface area contributed by atoms with E-state index < -0.39 is 28.6 Å². The summed E-state index contributed by atoms with van der Waals surface area (Å²) in [5.41, 5.74) is 2.06. The van der Waals surface area contributed by atoms with Gasteiger partial charge in [0.25, 0.3) is 5.91 Å². The molecule has 1 atom stereocenters. The van der Waals surface area contributed by atoms with Gasteiger partial charge in [-0.25, -0.2) is 8.42 Å². The molecule has 0 saturated carbocycles. The first kappa shape index (κ1) is 31.1. The van der Waals surface area contributed by atoms with Crippen LogP contribution in [0.15, 0.2) is 108 Å². The lowest BCUT2D eigenvalue weighted by atomic mass is 10.1. The maximum absolute atomic E-state index is 14.0. The average molecular weight is 634 g/mol. The molecular formula is C33H32ClN3O6S. The van der Waals surface area contributed by atoms with Crippen molar-refractivity contribution in [1.29, 1.82) is 0 Å². The second-order valence-electron chi connectivity index (χ2n) is 10.1. The van der Waals surface area contributed by atoms with E-state index in [1.54, 1.807) is 55.5 Å². The molecule has 0 radical (unpaired) electrons. The van der Waals surface area contributed by atoms with Crippen LogP contribution in [0.2, 0.25) is 5.02 Å². The molecule has 0 fully saturated rings. The van der Waals surface area contributed by atoms with Crippen LogP contribution in [0.4, 0.5) is 5.69 Å². The van der Waals surface area contributed by atoms with E-state index in [2.05, 4.69) is 5.32 Å². The van der Waals surface area contributed by atoms with Crippen LogP contribution in [-0.2, 0) is 32.7 Å². The fourth-order valence-corrected chi connectivity index (χ4v) is 6.52. The Morgan fingerprint density at radius 2 is 1.61 bits per heavy atom. The standard InChI is InChI=1S/C33H32ClN3O6S/c1-2-42-29-18-17-26(19-27(29)34)44(40,41)36(21-25-13-7-4-8-14-25)23-32(38)37-22-31(43-30-16-10-9-15-28(30)37)33(39)35-20-24-11-5-3-6-12-24/h3-19,31H,2,20-23H2,1H3,(H,35,39)/t31-/m1/s1. The molecule has 9 nitrogen and oxygen atoms in total. The van der Waals surface area contributed by atoms with Gasteiger partial charge in [0.15, 0.2) is 6.10 Å². The Morgan fingerprint density at radius 3 is 2.30 bits per heavy atom. The van der Waals surface area contributed by atoms with Crippen molar-refractivity contribution in [2.75, 3.05) is 24.6 Å². The number of carbonyl (C=O) groups is 2. The number of hydrogen-bond acceptors (Lipinski definition) is 6. The summed E-state index contributed by atoms with van der Waals surface area (Å²) in [6, 6.07) is 29.5. The molecule has 1 N–H and O–H groups in total. The molecule has 4 aromatic carbocycles. The lowest BCUT2D eigenvalue weighted by Gasteiger charge is -2.35. The van der Waals surface area contributed by atoms with E-state index in [1.165, 1.54) is 23.1 Å². The number of para-hydroxylation sites is 2. The molecule has 44 heavy (non-hydrogen) atoms. The lowest BCUT2D eigenvalue weighted by molar-refractivity contribution is -0.128. The van der Waals surface area contributed by atoms with E-state index in [9.17, 15) is 18.0 Å². The number of benzene rings is 4. The summed E-state index contributed by atoms with van der Waals surface area (Å²) >= 11 is 6.34. The molecule has 2 amide bonds. The number of halogens is 1. The highest BCUT2D eigenvalue weighted by molar-refractivity contribution is 7.89. The molecule has 0 spiro atoms. The largest absolute Gasteiger partial charge is 0.492 e. The fraction of sp³-hybridized carbons (Fsp3) is 0.212. The predicted octanol–water partition coefficient (Wildman–Crippen LogP) is 5.04. The van der Waals surface area contributed by atoms with Crippen LogP contribution in [0.25, 0.3) is 0 Å². The summed E-state index contributed by atoms with van der Waals surface area (Å²) in [6.45, 7) is 1.82. The Hall–Kier alpha value is -4.38. The third-order valence-corrected chi connectivity index (χ3v) is 9.11. The quantitative estimate of drug-likeness (QED) is 0.248. The zero-order chi connectivity index (χ0) is 31.1. The summed E-state index contributed by atoms with van der Waals surface area (Å²) < 4.78 is 40.5. The number of hydrogen-bond donors (Lipinski definition) is 1. The Morgan fingerprint density at radius 1 is 0.955 bits per heavy atom. The zero-order valence-electron chi connectivity index (χ0n) is 24.1. The van der Waals surface area contributed by atoms with Gasteiger partial charge in [0.1, 0.15) is 11.5 Å².